The van der Waals surface area contributed by atoms with Gasteiger partial charge in [-0.25, -0.2) is 14.2 Å². The van der Waals surface area contributed by atoms with Crippen LogP contribution < -0.4 is 9.64 Å². The van der Waals surface area contributed by atoms with Gasteiger partial charge >= 0.3 is 12.1 Å². The van der Waals surface area contributed by atoms with Crippen molar-refractivity contribution in [2.75, 3.05) is 37.8 Å². The number of ether oxygens (including phenoxy) is 3. The molecule has 5 rings (SSSR count). The van der Waals surface area contributed by atoms with Crippen LogP contribution in [0.5, 0.6) is 6.01 Å². The molecule has 2 aliphatic heterocycles. The van der Waals surface area contributed by atoms with Crippen LogP contribution in [-0.2, 0) is 9.47 Å². The summed E-state index contributed by atoms with van der Waals surface area (Å²) in [6.45, 7) is 9.05. The summed E-state index contributed by atoms with van der Waals surface area (Å²) in [6.07, 6.45) is 3.26. The number of pyridine rings is 1. The van der Waals surface area contributed by atoms with E-state index in [1.54, 1.807) is 4.90 Å². The molecule has 37 heavy (non-hydrogen) atoms. The average Bonchev–Trinajstić information content (AvgIpc) is 3.59. The summed E-state index contributed by atoms with van der Waals surface area (Å²) in [5.74, 6) is -0.300. The van der Waals surface area contributed by atoms with Crippen molar-refractivity contribution in [2.24, 2.45) is 5.41 Å². The molecule has 12 heteroatoms. The Labute approximate surface area is 220 Å². The second kappa shape index (κ2) is 9.67. The summed E-state index contributed by atoms with van der Waals surface area (Å²) in [7, 11) is 0. The van der Waals surface area contributed by atoms with Gasteiger partial charge in [-0.2, -0.15) is 9.97 Å². The quantitative estimate of drug-likeness (QED) is 0.530. The van der Waals surface area contributed by atoms with Gasteiger partial charge in [0.2, 0.25) is 0 Å². The first-order valence-electron chi connectivity index (χ1n) is 12.7. The zero-order valence-corrected chi connectivity index (χ0v) is 22.3. The number of halogens is 2. The molecule has 0 unspecified atom stereocenters. The molecule has 0 radical (unpaired) electrons. The van der Waals surface area contributed by atoms with E-state index in [1.165, 1.54) is 6.20 Å². The van der Waals surface area contributed by atoms with Crippen LogP contribution in [0.2, 0.25) is 5.15 Å². The number of rotatable bonds is 7. The van der Waals surface area contributed by atoms with E-state index < -0.39 is 11.4 Å². The van der Waals surface area contributed by atoms with Gasteiger partial charge in [-0.05, 0) is 47.0 Å². The number of carbonyl (C=O) groups is 1. The lowest BCUT2D eigenvalue weighted by Crippen LogP contribution is -2.58. The Morgan fingerprint density at radius 3 is 2.70 bits per heavy atom. The zero-order valence-electron chi connectivity index (χ0n) is 21.5. The normalized spacial score (nSPS) is 24.5. The van der Waals surface area contributed by atoms with Crippen LogP contribution in [-0.4, -0.2) is 87.8 Å². The van der Waals surface area contributed by atoms with Crippen molar-refractivity contribution in [3.8, 4) is 6.01 Å². The molecular weight excluding hydrogens is 505 g/mol. The van der Waals surface area contributed by atoms with Crippen molar-refractivity contribution in [1.29, 1.82) is 0 Å². The smallest absolute Gasteiger partial charge is 0.411 e. The van der Waals surface area contributed by atoms with Gasteiger partial charge in [-0.3, -0.25) is 4.90 Å². The van der Waals surface area contributed by atoms with Crippen LogP contribution in [0.4, 0.5) is 15.0 Å². The molecule has 10 nitrogen and oxygen atoms in total. The van der Waals surface area contributed by atoms with Crippen molar-refractivity contribution in [1.82, 2.24) is 19.9 Å². The molecule has 2 aromatic heterocycles. The lowest BCUT2D eigenvalue weighted by molar-refractivity contribution is -0.00329. The highest BCUT2D eigenvalue weighted by Crippen LogP contribution is 2.45. The minimum atomic E-state index is -0.751. The first-order chi connectivity index (χ1) is 17.5. The predicted molar refractivity (Wildman–Crippen MR) is 134 cm³/mol. The molecule has 202 valence electrons. The molecule has 1 amide bonds. The van der Waals surface area contributed by atoms with E-state index in [0.29, 0.717) is 37.3 Å². The van der Waals surface area contributed by atoms with Crippen molar-refractivity contribution in [3.63, 3.8) is 0 Å². The number of aliphatic hydroxyl groups excluding tert-OH is 1. The lowest BCUT2D eigenvalue weighted by atomic mass is 10.1. The van der Waals surface area contributed by atoms with Gasteiger partial charge < -0.3 is 24.2 Å². The van der Waals surface area contributed by atoms with Crippen molar-refractivity contribution >= 4 is 34.4 Å². The van der Waals surface area contributed by atoms with Crippen LogP contribution >= 0.6 is 11.6 Å². The van der Waals surface area contributed by atoms with Gasteiger partial charge in [0.05, 0.1) is 36.8 Å². The van der Waals surface area contributed by atoms with Crippen molar-refractivity contribution < 1.29 is 28.5 Å². The summed E-state index contributed by atoms with van der Waals surface area (Å²) in [6, 6.07) is -0.461. The monoisotopic (exact) mass is 537 g/mol. The van der Waals surface area contributed by atoms with E-state index in [4.69, 9.17) is 25.8 Å². The highest BCUT2D eigenvalue weighted by molar-refractivity contribution is 6.30. The number of piperazine rings is 1. The standard InChI is InChI=1S/C25H33ClFN5O5/c1-5-35-17-8-14-10-31(11-16(17)32(14)23(34)37-24(2,3)4)21-15-9-28-20(26)18(27)19(15)29-22(30-21)36-13-25(12-33)6-7-25/h9,14,16-17,33H,5-8,10-13H2,1-4H3/t14-,16-,17-/m0/s1. The number of aliphatic hydroxyl groups is 1. The van der Waals surface area contributed by atoms with Crippen molar-refractivity contribution in [2.45, 2.75) is 70.7 Å². The second-order valence-electron chi connectivity index (χ2n) is 11.1. The Morgan fingerprint density at radius 1 is 1.30 bits per heavy atom. The fourth-order valence-electron chi connectivity index (χ4n) is 5.12. The first-order valence-corrected chi connectivity index (χ1v) is 13.1. The molecule has 2 bridgehead atoms. The van der Waals surface area contributed by atoms with Gasteiger partial charge in [0.15, 0.2) is 11.0 Å². The van der Waals surface area contributed by atoms with Crippen LogP contribution in [0.15, 0.2) is 6.20 Å². The van der Waals surface area contributed by atoms with E-state index in [0.717, 1.165) is 12.8 Å². The van der Waals surface area contributed by atoms with E-state index in [1.807, 2.05) is 32.6 Å². The summed E-state index contributed by atoms with van der Waals surface area (Å²) in [5, 5.41) is 9.76. The number of fused-ring (bicyclic) bond motifs is 3. The summed E-state index contributed by atoms with van der Waals surface area (Å²) in [4.78, 5) is 29.8. The molecular formula is C25H33ClFN5O5. The number of carbonyl (C=O) groups excluding carboxylic acids is 1. The van der Waals surface area contributed by atoms with Gasteiger partial charge in [0.1, 0.15) is 16.9 Å². The highest BCUT2D eigenvalue weighted by atomic mass is 35.5. The third-order valence-corrected chi connectivity index (χ3v) is 7.47. The van der Waals surface area contributed by atoms with E-state index in [2.05, 4.69) is 15.0 Å². The summed E-state index contributed by atoms with van der Waals surface area (Å²) in [5.41, 5.74) is -0.910. The number of anilines is 1. The molecule has 3 fully saturated rings. The molecule has 1 saturated carbocycles. The lowest BCUT2D eigenvalue weighted by Gasteiger charge is -2.42. The molecule has 1 aliphatic carbocycles. The third kappa shape index (κ3) is 5.13. The summed E-state index contributed by atoms with van der Waals surface area (Å²) < 4.78 is 32.6. The maximum Gasteiger partial charge on any atom is 0.411 e. The Hall–Kier alpha value is -2.50. The van der Waals surface area contributed by atoms with Gasteiger partial charge in [0.25, 0.3) is 0 Å². The Kier molecular flexibility index (Phi) is 6.82. The van der Waals surface area contributed by atoms with Crippen LogP contribution in [0.3, 0.4) is 0 Å². The van der Waals surface area contributed by atoms with E-state index >= 15 is 4.39 Å². The molecule has 0 spiro atoms. The fourth-order valence-corrected chi connectivity index (χ4v) is 5.26. The maximum absolute atomic E-state index is 15.0. The van der Waals surface area contributed by atoms with Gasteiger partial charge in [-0.1, -0.05) is 11.6 Å². The molecule has 1 N–H and O–H groups in total. The maximum atomic E-state index is 15.0. The minimum absolute atomic E-state index is 0.00617. The topological polar surface area (TPSA) is 110 Å². The predicted octanol–water partition coefficient (Wildman–Crippen LogP) is 3.57. The molecule has 2 saturated heterocycles. The van der Waals surface area contributed by atoms with Crippen molar-refractivity contribution in [3.05, 3.63) is 17.2 Å². The van der Waals surface area contributed by atoms with Crippen LogP contribution in [0, 0.1) is 11.2 Å². The average molecular weight is 538 g/mol. The Morgan fingerprint density at radius 2 is 2.05 bits per heavy atom. The SMILES string of the molecule is CCO[C@H]1C[C@H]2CN(c3nc(OCC4(CO)CC4)nc4c(F)c(Cl)ncc34)C[C@@H]1N2C(=O)OC(C)(C)C. The minimum Gasteiger partial charge on any atom is -0.463 e. The number of hydrogen-bond donors (Lipinski definition) is 1. The Bertz CT molecular complexity index is 1190. The first kappa shape index (κ1) is 26.1. The van der Waals surface area contributed by atoms with Gasteiger partial charge in [-0.15, -0.1) is 0 Å². The number of nitrogens with zero attached hydrogens (tertiary/aromatic N) is 5. The number of aromatic nitrogens is 3. The molecule has 3 aliphatic rings. The molecule has 4 heterocycles. The van der Waals surface area contributed by atoms with Gasteiger partial charge in [0, 0.05) is 31.3 Å². The summed E-state index contributed by atoms with van der Waals surface area (Å²) >= 11 is 5.97. The third-order valence-electron chi connectivity index (χ3n) is 7.21. The molecule has 2 aromatic rings. The fraction of sp³-hybridized carbons (Fsp3) is 0.680. The number of hydrogen-bond acceptors (Lipinski definition) is 9. The zero-order chi connectivity index (χ0) is 26.5. The highest BCUT2D eigenvalue weighted by Gasteiger charge is 2.51. The Balaban J connectivity index is 1.49. The van der Waals surface area contributed by atoms with E-state index in [9.17, 15) is 9.90 Å². The number of amides is 1. The van der Waals surface area contributed by atoms with Crippen LogP contribution in [0.1, 0.15) is 47.0 Å². The van der Waals surface area contributed by atoms with Crippen LogP contribution in [0.25, 0.3) is 10.9 Å². The molecule has 0 aromatic carbocycles. The largest absolute Gasteiger partial charge is 0.463 e. The van der Waals surface area contributed by atoms with E-state index in [-0.39, 0.29) is 59.6 Å². The molecule has 3 atom stereocenters. The second-order valence-corrected chi connectivity index (χ2v) is 11.5.